The van der Waals surface area contributed by atoms with Gasteiger partial charge in [0.25, 0.3) is 0 Å². The van der Waals surface area contributed by atoms with Gasteiger partial charge in [-0.1, -0.05) is 257 Å². The van der Waals surface area contributed by atoms with E-state index in [1.165, 1.54) is 212 Å². The van der Waals surface area contributed by atoms with Gasteiger partial charge in [-0.15, -0.1) is 0 Å². The van der Waals surface area contributed by atoms with E-state index in [0.29, 0.717) is 6.42 Å². The zero-order valence-corrected chi connectivity index (χ0v) is 41.4. The molecule has 7 atom stereocenters. The predicted octanol–water partition coefficient (Wildman–Crippen LogP) is 12.8. The van der Waals surface area contributed by atoms with Gasteiger partial charge in [-0.05, 0) is 19.3 Å². The number of allylic oxidation sites excluding steroid dienone is 1. The van der Waals surface area contributed by atoms with Gasteiger partial charge in [0.05, 0.1) is 25.4 Å². The van der Waals surface area contributed by atoms with Crippen LogP contribution < -0.4 is 5.32 Å². The minimum Gasteiger partial charge on any atom is -0.394 e. The smallest absolute Gasteiger partial charge is 0.220 e. The van der Waals surface area contributed by atoms with E-state index in [0.717, 1.165) is 38.5 Å². The molecule has 7 unspecified atom stereocenters. The molecule has 0 bridgehead atoms. The fourth-order valence-electron chi connectivity index (χ4n) is 8.98. The summed E-state index contributed by atoms with van der Waals surface area (Å²) in [7, 11) is 0. The fraction of sp³-hybridized carbons (Fsp3) is 0.944. The highest BCUT2D eigenvalue weighted by Gasteiger charge is 2.44. The van der Waals surface area contributed by atoms with Gasteiger partial charge in [0, 0.05) is 6.42 Å². The van der Waals surface area contributed by atoms with E-state index in [4.69, 9.17) is 9.47 Å². The second-order valence-electron chi connectivity index (χ2n) is 19.4. The van der Waals surface area contributed by atoms with Crippen LogP contribution in [0.5, 0.6) is 0 Å². The minimum absolute atomic E-state index is 0.175. The van der Waals surface area contributed by atoms with E-state index >= 15 is 0 Å². The molecule has 1 amide bonds. The zero-order chi connectivity index (χ0) is 45.9. The minimum atomic E-state index is -1.56. The molecule has 1 fully saturated rings. The molecule has 374 valence electrons. The maximum atomic E-state index is 12.9. The van der Waals surface area contributed by atoms with Crippen LogP contribution in [-0.4, -0.2) is 87.5 Å². The first-order chi connectivity index (χ1) is 30.8. The van der Waals surface area contributed by atoms with E-state index < -0.39 is 49.5 Å². The van der Waals surface area contributed by atoms with Crippen molar-refractivity contribution in [2.24, 2.45) is 0 Å². The Bertz CT molecular complexity index is 997. The molecule has 1 aliphatic heterocycles. The van der Waals surface area contributed by atoms with Crippen molar-refractivity contribution >= 4 is 5.91 Å². The first kappa shape index (κ1) is 59.9. The Morgan fingerprint density at radius 3 is 1.24 bits per heavy atom. The number of unbranched alkanes of at least 4 members (excludes halogenated alkanes) is 37. The third kappa shape index (κ3) is 34.8. The summed E-state index contributed by atoms with van der Waals surface area (Å²) < 4.78 is 11.2. The van der Waals surface area contributed by atoms with Crippen molar-refractivity contribution in [1.82, 2.24) is 5.32 Å². The molecule has 0 aliphatic carbocycles. The number of rotatable bonds is 47. The number of carbonyl (C=O) groups is 1. The Labute approximate surface area is 388 Å². The van der Waals surface area contributed by atoms with Crippen LogP contribution in [-0.2, 0) is 14.3 Å². The summed E-state index contributed by atoms with van der Waals surface area (Å²) in [5, 5.41) is 54.1. The third-order valence-electron chi connectivity index (χ3n) is 13.4. The number of ether oxygens (including phenoxy) is 2. The summed E-state index contributed by atoms with van der Waals surface area (Å²) in [6.45, 7) is 3.75. The lowest BCUT2D eigenvalue weighted by Crippen LogP contribution is -2.60. The average Bonchev–Trinajstić information content (AvgIpc) is 3.28. The largest absolute Gasteiger partial charge is 0.394 e. The molecule has 1 rings (SSSR count). The first-order valence-electron chi connectivity index (χ1n) is 27.4. The quantitative estimate of drug-likeness (QED) is 0.0261. The van der Waals surface area contributed by atoms with Crippen molar-refractivity contribution in [2.75, 3.05) is 13.2 Å². The number of aliphatic hydroxyl groups is 5. The predicted molar refractivity (Wildman–Crippen MR) is 263 cm³/mol. The summed E-state index contributed by atoms with van der Waals surface area (Å²) in [6, 6.07) is -0.797. The van der Waals surface area contributed by atoms with E-state index in [1.807, 2.05) is 6.08 Å². The summed E-state index contributed by atoms with van der Waals surface area (Å²) in [4.78, 5) is 12.9. The van der Waals surface area contributed by atoms with Gasteiger partial charge >= 0.3 is 0 Å². The highest BCUT2D eigenvalue weighted by Crippen LogP contribution is 2.23. The first-order valence-corrected chi connectivity index (χ1v) is 27.4. The maximum absolute atomic E-state index is 12.9. The van der Waals surface area contributed by atoms with Crippen molar-refractivity contribution in [1.29, 1.82) is 0 Å². The third-order valence-corrected chi connectivity index (χ3v) is 13.4. The molecule has 0 aromatic carbocycles. The molecule has 9 nitrogen and oxygen atoms in total. The Balaban J connectivity index is 2.04. The number of amides is 1. The summed E-state index contributed by atoms with van der Waals surface area (Å²) in [6.07, 6.45) is 47.5. The number of hydrogen-bond acceptors (Lipinski definition) is 8. The van der Waals surface area contributed by atoms with Crippen LogP contribution in [0.3, 0.4) is 0 Å². The van der Waals surface area contributed by atoms with Crippen molar-refractivity contribution < 1.29 is 39.8 Å². The highest BCUT2D eigenvalue weighted by atomic mass is 16.7. The van der Waals surface area contributed by atoms with Crippen LogP contribution in [0.15, 0.2) is 12.2 Å². The van der Waals surface area contributed by atoms with E-state index in [2.05, 4.69) is 19.2 Å². The molecule has 63 heavy (non-hydrogen) atoms. The lowest BCUT2D eigenvalue weighted by molar-refractivity contribution is -0.302. The monoisotopic (exact) mass is 896 g/mol. The molecule has 9 heteroatoms. The van der Waals surface area contributed by atoms with Crippen LogP contribution in [0.25, 0.3) is 0 Å². The van der Waals surface area contributed by atoms with Crippen LogP contribution in [0.4, 0.5) is 0 Å². The number of hydrogen-bond donors (Lipinski definition) is 6. The SMILES string of the molecule is CCCCCCCC/C=C/C(O)C(COC1OC(CO)C(O)C(O)C1O)NC(=O)CCCCCCCCCCCCCCCCCCCCCCCCCCCCCCCCCC. The van der Waals surface area contributed by atoms with Crippen molar-refractivity contribution in [2.45, 2.75) is 314 Å². The number of aliphatic hydroxyl groups excluding tert-OH is 5. The molecule has 1 aliphatic rings. The number of carbonyl (C=O) groups excluding carboxylic acids is 1. The average molecular weight is 896 g/mol. The summed E-state index contributed by atoms with van der Waals surface area (Å²) >= 11 is 0. The van der Waals surface area contributed by atoms with Gasteiger partial charge in [0.15, 0.2) is 6.29 Å². The summed E-state index contributed by atoms with van der Waals surface area (Å²) in [5.74, 6) is -0.175. The Morgan fingerprint density at radius 1 is 0.524 bits per heavy atom. The molecule has 0 spiro atoms. The molecular weight excluding hydrogens is 791 g/mol. The summed E-state index contributed by atoms with van der Waals surface area (Å²) in [5.41, 5.74) is 0. The van der Waals surface area contributed by atoms with E-state index in [-0.39, 0.29) is 12.5 Å². The van der Waals surface area contributed by atoms with Crippen molar-refractivity contribution in [3.8, 4) is 0 Å². The van der Waals surface area contributed by atoms with Gasteiger partial charge in [-0.3, -0.25) is 4.79 Å². The Morgan fingerprint density at radius 2 is 0.873 bits per heavy atom. The molecule has 1 saturated heterocycles. The molecule has 0 radical (unpaired) electrons. The van der Waals surface area contributed by atoms with Crippen LogP contribution in [0.2, 0.25) is 0 Å². The topological polar surface area (TPSA) is 149 Å². The normalized spacial score (nSPS) is 20.1. The van der Waals surface area contributed by atoms with E-state index in [9.17, 15) is 30.3 Å². The van der Waals surface area contributed by atoms with Gasteiger partial charge in [-0.25, -0.2) is 0 Å². The molecule has 6 N–H and O–H groups in total. The van der Waals surface area contributed by atoms with Crippen molar-refractivity contribution in [3.63, 3.8) is 0 Å². The zero-order valence-electron chi connectivity index (χ0n) is 41.4. The van der Waals surface area contributed by atoms with Gasteiger partial charge < -0.3 is 40.3 Å². The lowest BCUT2D eigenvalue weighted by atomic mass is 9.99. The second kappa shape index (κ2) is 44.7. The van der Waals surface area contributed by atoms with Crippen LogP contribution >= 0.6 is 0 Å². The van der Waals surface area contributed by atoms with Gasteiger partial charge in [0.2, 0.25) is 5.91 Å². The fourth-order valence-corrected chi connectivity index (χ4v) is 8.98. The Kier molecular flexibility index (Phi) is 42.6. The molecule has 0 aromatic heterocycles. The standard InChI is InChI=1S/C54H105NO8/c1-3-5-7-9-11-13-14-15-16-17-18-19-20-21-22-23-24-25-26-27-28-29-30-31-32-33-34-35-36-38-40-42-44-50(58)55-47(48(57)43-41-39-37-12-10-8-6-4-2)46-62-54-53(61)52(60)51(59)49(45-56)63-54/h41,43,47-49,51-54,56-57,59-61H,3-40,42,44-46H2,1-2H3,(H,55,58)/b43-41+. The maximum Gasteiger partial charge on any atom is 0.220 e. The Hall–Kier alpha value is -1.07. The van der Waals surface area contributed by atoms with E-state index in [1.54, 1.807) is 6.08 Å². The highest BCUT2D eigenvalue weighted by molar-refractivity contribution is 5.76. The molecule has 0 aromatic rings. The molecular formula is C54H105NO8. The van der Waals surface area contributed by atoms with Crippen LogP contribution in [0, 0.1) is 0 Å². The van der Waals surface area contributed by atoms with Gasteiger partial charge in [0.1, 0.15) is 24.4 Å². The molecule has 1 heterocycles. The van der Waals surface area contributed by atoms with Crippen LogP contribution in [0.1, 0.15) is 271 Å². The second-order valence-corrected chi connectivity index (χ2v) is 19.4. The van der Waals surface area contributed by atoms with Gasteiger partial charge in [-0.2, -0.15) is 0 Å². The van der Waals surface area contributed by atoms with Crippen molar-refractivity contribution in [3.05, 3.63) is 12.2 Å². The number of nitrogens with one attached hydrogen (secondary N) is 1. The lowest BCUT2D eigenvalue weighted by Gasteiger charge is -2.40. The molecule has 0 saturated carbocycles.